The number of hydrogen-bond acceptors (Lipinski definition) is 6. The van der Waals surface area contributed by atoms with Crippen LogP contribution >= 0.6 is 76.9 Å². The van der Waals surface area contributed by atoms with Gasteiger partial charge in [0.2, 0.25) is 5.91 Å². The summed E-state index contributed by atoms with van der Waals surface area (Å²) in [6, 6.07) is 3.57. The third-order valence-corrected chi connectivity index (χ3v) is 7.99. The van der Waals surface area contributed by atoms with E-state index >= 15 is 0 Å². The Kier molecular flexibility index (Phi) is 12.7. The number of carbonyl (C=O) groups is 3. The third kappa shape index (κ3) is 6.41. The molecule has 1 aliphatic carbocycles. The second-order valence-corrected chi connectivity index (χ2v) is 10.3. The van der Waals surface area contributed by atoms with Gasteiger partial charge >= 0.3 is 4.87 Å². The zero-order valence-corrected chi connectivity index (χ0v) is 24.9. The van der Waals surface area contributed by atoms with Gasteiger partial charge in [-0.3, -0.25) is 19.2 Å². The Balaban J connectivity index is 0.00000162. The fourth-order valence-corrected chi connectivity index (χ4v) is 6.30. The molecule has 36 heavy (non-hydrogen) atoms. The first kappa shape index (κ1) is 33.2. The minimum Gasteiger partial charge on any atom is -0.366 e. The number of thiazole rings is 1. The molecule has 2 aliphatic heterocycles. The van der Waals surface area contributed by atoms with E-state index in [1.807, 2.05) is 0 Å². The topological polar surface area (TPSA) is 109 Å². The molecule has 2 amide bonds. The van der Waals surface area contributed by atoms with Crippen LogP contribution in [-0.4, -0.2) is 64.2 Å². The fraction of sp³-hybridized carbons (Fsp3) is 0.545. The molecular formula is C22H32ClN3O5S5. The van der Waals surface area contributed by atoms with Crippen LogP contribution < -0.4 is 10.2 Å². The molecule has 2 saturated heterocycles. The Bertz CT molecular complexity index is 1140. The Labute approximate surface area is 246 Å². The Morgan fingerprint density at radius 1 is 1.11 bits per heavy atom. The van der Waals surface area contributed by atoms with Crippen molar-refractivity contribution in [1.29, 1.82) is 0 Å². The van der Waals surface area contributed by atoms with E-state index in [1.165, 1.54) is 4.90 Å². The minimum absolute atomic E-state index is 0. The van der Waals surface area contributed by atoms with Crippen LogP contribution in [0.4, 0.5) is 0 Å². The molecule has 0 radical (unpaired) electrons. The molecule has 0 spiro atoms. The Morgan fingerprint density at radius 3 is 2.50 bits per heavy atom. The number of benzene rings is 1. The largest absolute Gasteiger partial charge is 0.366 e. The zero-order valence-electron chi connectivity index (χ0n) is 19.3. The third-order valence-electron chi connectivity index (χ3n) is 6.76. The summed E-state index contributed by atoms with van der Waals surface area (Å²) < 4.78 is 6.19. The van der Waals surface area contributed by atoms with Crippen LogP contribution in [0.1, 0.15) is 42.5 Å². The van der Waals surface area contributed by atoms with Crippen molar-refractivity contribution in [3.05, 3.63) is 33.4 Å². The number of nitrogens with one attached hydrogen (secondary N) is 2. The van der Waals surface area contributed by atoms with E-state index in [0.29, 0.717) is 15.8 Å². The lowest BCUT2D eigenvalue weighted by atomic mass is 9.83. The van der Waals surface area contributed by atoms with Crippen molar-refractivity contribution >= 4 is 105 Å². The number of ketones is 1. The highest BCUT2D eigenvalue weighted by molar-refractivity contribution is 7.59. The zero-order chi connectivity index (χ0) is 22.4. The molecule has 202 valence electrons. The maximum absolute atomic E-state index is 13.7. The molecule has 3 heterocycles. The quantitative estimate of drug-likeness (QED) is 0.515. The number of aromatic nitrogens is 1. The summed E-state index contributed by atoms with van der Waals surface area (Å²) in [4.78, 5) is 54.8. The van der Waals surface area contributed by atoms with Crippen LogP contribution in [0.25, 0.3) is 10.2 Å². The summed E-state index contributed by atoms with van der Waals surface area (Å²) in [5.41, 5.74) is 1.06. The fourth-order valence-electron chi connectivity index (χ4n) is 5.16. The number of H-pyrrole nitrogens is 1. The molecule has 1 aromatic carbocycles. The normalized spacial score (nSPS) is 24.0. The number of carbonyl (C=O) groups excluding carboxylic acids is 3. The molecule has 0 unspecified atom stereocenters. The van der Waals surface area contributed by atoms with Crippen molar-refractivity contribution in [2.45, 2.75) is 55.7 Å². The number of Topliss-reactive ketones (excluding diaryl/α,β-unsaturated/α-hetero) is 1. The van der Waals surface area contributed by atoms with E-state index in [1.54, 1.807) is 18.2 Å². The molecule has 4 atom stereocenters. The first-order chi connectivity index (χ1) is 15.4. The van der Waals surface area contributed by atoms with E-state index in [2.05, 4.69) is 10.3 Å². The van der Waals surface area contributed by atoms with Crippen LogP contribution in [0.5, 0.6) is 0 Å². The number of alkyl halides is 1. The average molecular weight is 614 g/mol. The van der Waals surface area contributed by atoms with E-state index in [0.717, 1.165) is 43.4 Å². The number of nitrogens with zero attached hydrogens (tertiary/aromatic N) is 1. The highest BCUT2D eigenvalue weighted by atomic mass is 35.5. The predicted octanol–water partition coefficient (Wildman–Crippen LogP) is 2.51. The molecule has 8 nitrogen and oxygen atoms in total. The summed E-state index contributed by atoms with van der Waals surface area (Å²) in [6.45, 7) is 0.187. The van der Waals surface area contributed by atoms with E-state index < -0.39 is 23.6 Å². The monoisotopic (exact) mass is 613 g/mol. The highest BCUT2D eigenvalue weighted by Gasteiger charge is 2.53. The molecule has 14 heteroatoms. The van der Waals surface area contributed by atoms with Gasteiger partial charge in [0.1, 0.15) is 24.8 Å². The number of amides is 2. The van der Waals surface area contributed by atoms with Gasteiger partial charge in [0.25, 0.3) is 5.91 Å². The maximum atomic E-state index is 13.7. The van der Waals surface area contributed by atoms with Crippen LogP contribution in [0.15, 0.2) is 23.0 Å². The van der Waals surface area contributed by atoms with Crippen molar-refractivity contribution < 1.29 is 19.1 Å². The summed E-state index contributed by atoms with van der Waals surface area (Å²) in [7, 11) is 0. The van der Waals surface area contributed by atoms with Gasteiger partial charge in [-0.15, -0.1) is 11.6 Å². The van der Waals surface area contributed by atoms with E-state index in [9.17, 15) is 19.2 Å². The van der Waals surface area contributed by atoms with Crippen molar-refractivity contribution in [1.82, 2.24) is 15.2 Å². The van der Waals surface area contributed by atoms with Crippen LogP contribution in [0.2, 0.25) is 0 Å². The van der Waals surface area contributed by atoms with Gasteiger partial charge in [0, 0.05) is 12.1 Å². The number of fused-ring (bicyclic) bond motifs is 2. The van der Waals surface area contributed by atoms with Gasteiger partial charge in [-0.2, -0.15) is 54.0 Å². The second-order valence-electron chi connectivity index (χ2n) is 8.77. The Hall–Kier alpha value is -0.830. The molecule has 5 rings (SSSR count). The number of hydrogen-bond donors (Lipinski definition) is 2. The lowest BCUT2D eigenvalue weighted by molar-refractivity contribution is -0.139. The summed E-state index contributed by atoms with van der Waals surface area (Å²) >= 11 is 7.42. The van der Waals surface area contributed by atoms with Gasteiger partial charge in [0.05, 0.1) is 15.6 Å². The SMILES string of the molecule is O=C(N[C@H](C(=O)N1C[C@H](Cl)[C@H]2OCC(=O)[C@H]21)C1CCCCC1)c1ccc2[nH]c(=O)sc2c1.S.S.S.S. The molecule has 2 N–H and O–H groups in total. The first-order valence-corrected chi connectivity index (χ1v) is 12.2. The smallest absolute Gasteiger partial charge is 0.305 e. The van der Waals surface area contributed by atoms with E-state index in [-0.39, 0.29) is 95.5 Å². The molecule has 0 bridgehead atoms. The standard InChI is InChI=1S/C22H24ClN3O5S.4H2S/c23-13-9-26(18-15(27)10-31-19(13)18)21(29)17(11-4-2-1-3-5-11)25-20(28)12-6-7-14-16(8-12)32-22(30)24-14;;;;/h6-8,11,13,17-19H,1-5,9-10H2,(H,24,30)(H,25,28);4*1H2/t13-,17-,18+,19+;;;;/m0..../s1. The van der Waals surface area contributed by atoms with Crippen molar-refractivity contribution in [2.24, 2.45) is 5.92 Å². The van der Waals surface area contributed by atoms with Gasteiger partial charge in [-0.25, -0.2) is 0 Å². The van der Waals surface area contributed by atoms with Gasteiger partial charge in [0.15, 0.2) is 5.78 Å². The van der Waals surface area contributed by atoms with Gasteiger partial charge in [-0.1, -0.05) is 30.6 Å². The second kappa shape index (κ2) is 13.8. The Morgan fingerprint density at radius 2 is 1.81 bits per heavy atom. The number of ether oxygens (including phenoxy) is 1. The van der Waals surface area contributed by atoms with Gasteiger partial charge in [-0.05, 0) is 37.0 Å². The summed E-state index contributed by atoms with van der Waals surface area (Å²) in [5, 5.41) is 2.50. The van der Waals surface area contributed by atoms with Crippen LogP contribution in [0.3, 0.4) is 0 Å². The minimum atomic E-state index is -0.737. The summed E-state index contributed by atoms with van der Waals surface area (Å²) in [5.74, 6) is -0.788. The van der Waals surface area contributed by atoms with E-state index in [4.69, 9.17) is 16.3 Å². The molecule has 1 aromatic heterocycles. The molecule has 3 aliphatic rings. The number of rotatable bonds is 4. The number of halogens is 1. The number of aromatic amines is 1. The first-order valence-electron chi connectivity index (χ1n) is 10.9. The molecular weight excluding hydrogens is 582 g/mol. The lowest BCUT2D eigenvalue weighted by Gasteiger charge is -2.34. The molecule has 1 saturated carbocycles. The predicted molar refractivity (Wildman–Crippen MR) is 162 cm³/mol. The molecule has 2 aromatic rings. The summed E-state index contributed by atoms with van der Waals surface area (Å²) in [6.07, 6.45) is 4.30. The van der Waals surface area contributed by atoms with Crippen LogP contribution in [0, 0.1) is 5.92 Å². The average Bonchev–Trinajstić information content (AvgIpc) is 3.46. The lowest BCUT2D eigenvalue weighted by Crippen LogP contribution is -2.55. The van der Waals surface area contributed by atoms with Gasteiger partial charge < -0.3 is 19.9 Å². The maximum Gasteiger partial charge on any atom is 0.305 e. The highest BCUT2D eigenvalue weighted by Crippen LogP contribution is 2.34. The van der Waals surface area contributed by atoms with Crippen molar-refractivity contribution in [3.63, 3.8) is 0 Å². The van der Waals surface area contributed by atoms with Crippen molar-refractivity contribution in [3.8, 4) is 0 Å². The van der Waals surface area contributed by atoms with Crippen molar-refractivity contribution in [2.75, 3.05) is 13.2 Å². The number of likely N-dealkylation sites (tertiary alicyclic amines) is 1. The molecule has 3 fully saturated rings. The van der Waals surface area contributed by atoms with Crippen LogP contribution in [-0.2, 0) is 14.3 Å².